The Bertz CT molecular complexity index is 1030. The number of nitrogens with zero attached hydrogens (tertiary/aromatic N) is 1. The van der Waals surface area contributed by atoms with E-state index in [0.29, 0.717) is 5.69 Å². The number of amides is 2. The molecule has 0 fully saturated rings. The largest absolute Gasteiger partial charge is 0.416 e. The van der Waals surface area contributed by atoms with Gasteiger partial charge >= 0.3 is 6.18 Å². The molecule has 0 aliphatic heterocycles. The Morgan fingerprint density at radius 2 is 1.38 bits per heavy atom. The number of alkyl halides is 3. The minimum Gasteiger partial charge on any atom is -0.322 e. The van der Waals surface area contributed by atoms with E-state index in [-0.39, 0.29) is 16.9 Å². The number of benzene rings is 2. The van der Waals surface area contributed by atoms with E-state index in [0.717, 1.165) is 29.8 Å². The van der Waals surface area contributed by atoms with Crippen molar-refractivity contribution in [2.24, 2.45) is 0 Å². The first-order valence-corrected chi connectivity index (χ1v) is 8.55. The molecule has 0 radical (unpaired) electrons. The van der Waals surface area contributed by atoms with Crippen LogP contribution in [0.15, 0.2) is 66.9 Å². The van der Waals surface area contributed by atoms with Crippen LogP contribution in [0.25, 0.3) is 0 Å². The Hall–Kier alpha value is -3.68. The average Bonchev–Trinajstić information content (AvgIpc) is 2.69. The molecule has 2 N–H and O–H groups in total. The molecule has 0 saturated carbocycles. The van der Waals surface area contributed by atoms with Gasteiger partial charge in [0, 0.05) is 23.1 Å². The van der Waals surface area contributed by atoms with Crippen molar-refractivity contribution in [2.45, 2.75) is 13.1 Å². The van der Waals surface area contributed by atoms with Gasteiger partial charge in [0.15, 0.2) is 0 Å². The molecular weight excluding hydrogens is 383 g/mol. The van der Waals surface area contributed by atoms with Gasteiger partial charge in [0.05, 0.1) is 5.56 Å². The van der Waals surface area contributed by atoms with Crippen molar-refractivity contribution in [1.29, 1.82) is 0 Å². The summed E-state index contributed by atoms with van der Waals surface area (Å²) in [5.41, 5.74) is 1.20. The normalized spacial score (nSPS) is 11.0. The molecule has 8 heteroatoms. The van der Waals surface area contributed by atoms with Crippen LogP contribution in [-0.4, -0.2) is 16.8 Å². The molecule has 2 aromatic carbocycles. The van der Waals surface area contributed by atoms with E-state index >= 15 is 0 Å². The fourth-order valence-electron chi connectivity index (χ4n) is 2.47. The maximum absolute atomic E-state index is 12.6. The van der Waals surface area contributed by atoms with Crippen molar-refractivity contribution in [3.63, 3.8) is 0 Å². The molecule has 1 heterocycles. The monoisotopic (exact) mass is 399 g/mol. The average molecular weight is 399 g/mol. The van der Waals surface area contributed by atoms with Gasteiger partial charge in [0.25, 0.3) is 11.8 Å². The third-order valence-corrected chi connectivity index (χ3v) is 4.03. The number of aryl methyl sites for hydroxylation is 1. The fraction of sp³-hybridized carbons (Fsp3) is 0.0952. The van der Waals surface area contributed by atoms with Gasteiger partial charge in [0.2, 0.25) is 0 Å². The molecule has 2 amide bonds. The highest BCUT2D eigenvalue weighted by molar-refractivity contribution is 6.07. The Morgan fingerprint density at radius 3 is 1.97 bits per heavy atom. The van der Waals surface area contributed by atoms with Crippen LogP contribution in [0.3, 0.4) is 0 Å². The Morgan fingerprint density at radius 1 is 0.828 bits per heavy atom. The molecule has 3 aromatic rings. The molecular formula is C21H16F3N3O2. The van der Waals surface area contributed by atoms with E-state index in [9.17, 15) is 22.8 Å². The van der Waals surface area contributed by atoms with Crippen molar-refractivity contribution >= 4 is 23.2 Å². The second-order valence-corrected chi connectivity index (χ2v) is 6.28. The van der Waals surface area contributed by atoms with Gasteiger partial charge in [-0.2, -0.15) is 13.2 Å². The second-order valence-electron chi connectivity index (χ2n) is 6.28. The molecule has 0 spiro atoms. The number of rotatable bonds is 4. The predicted molar refractivity (Wildman–Crippen MR) is 103 cm³/mol. The second kappa shape index (κ2) is 8.14. The van der Waals surface area contributed by atoms with Crippen LogP contribution in [0.5, 0.6) is 0 Å². The predicted octanol–water partition coefficient (Wildman–Crippen LogP) is 4.91. The summed E-state index contributed by atoms with van der Waals surface area (Å²) in [7, 11) is 0. The van der Waals surface area contributed by atoms with Crippen molar-refractivity contribution in [1.82, 2.24) is 4.98 Å². The fourth-order valence-corrected chi connectivity index (χ4v) is 2.47. The first-order chi connectivity index (χ1) is 13.7. The molecule has 0 unspecified atom stereocenters. The molecule has 148 valence electrons. The molecule has 5 nitrogen and oxygen atoms in total. The molecule has 3 rings (SSSR count). The summed E-state index contributed by atoms with van der Waals surface area (Å²) in [6, 6.07) is 14.0. The number of carbonyl (C=O) groups is 2. The van der Waals surface area contributed by atoms with E-state index in [1.54, 1.807) is 12.1 Å². The summed E-state index contributed by atoms with van der Waals surface area (Å²) in [4.78, 5) is 28.7. The molecule has 0 aliphatic carbocycles. The Labute approximate surface area is 164 Å². The summed E-state index contributed by atoms with van der Waals surface area (Å²) in [6.45, 7) is 1.92. The highest BCUT2D eigenvalue weighted by Gasteiger charge is 2.30. The first-order valence-electron chi connectivity index (χ1n) is 8.55. The summed E-state index contributed by atoms with van der Waals surface area (Å²) in [5.74, 6) is -1.06. The van der Waals surface area contributed by atoms with Crippen LogP contribution in [0.2, 0.25) is 0 Å². The third-order valence-electron chi connectivity index (χ3n) is 4.03. The number of pyridine rings is 1. The lowest BCUT2D eigenvalue weighted by Gasteiger charge is -2.09. The molecule has 0 saturated heterocycles. The van der Waals surface area contributed by atoms with Gasteiger partial charge < -0.3 is 10.6 Å². The number of carbonyl (C=O) groups excluding carboxylic acids is 2. The number of anilines is 2. The van der Waals surface area contributed by atoms with Gasteiger partial charge in [-0.15, -0.1) is 0 Å². The maximum Gasteiger partial charge on any atom is 0.416 e. The highest BCUT2D eigenvalue weighted by atomic mass is 19.4. The molecule has 0 atom stereocenters. The molecule has 0 bridgehead atoms. The highest BCUT2D eigenvalue weighted by Crippen LogP contribution is 2.29. The van der Waals surface area contributed by atoms with Crippen molar-refractivity contribution in [3.05, 3.63) is 89.2 Å². The van der Waals surface area contributed by atoms with E-state index in [1.807, 2.05) is 19.1 Å². The molecule has 1 aromatic heterocycles. The van der Waals surface area contributed by atoms with Crippen molar-refractivity contribution in [2.75, 3.05) is 10.6 Å². The third kappa shape index (κ3) is 5.19. The smallest absolute Gasteiger partial charge is 0.322 e. The van der Waals surface area contributed by atoms with Crippen molar-refractivity contribution in [3.8, 4) is 0 Å². The zero-order chi connectivity index (χ0) is 21.0. The standard InChI is InChI=1S/C21H16F3N3O2/c1-13-2-6-16(7-3-13)27-20(29)18-12-14(10-11-25-18)19(28)26-17-8-4-15(5-9-17)21(22,23)24/h2-12H,1H3,(H,26,28)(H,27,29). The van der Waals surface area contributed by atoms with E-state index in [2.05, 4.69) is 15.6 Å². The van der Waals surface area contributed by atoms with Crippen LogP contribution in [0.1, 0.15) is 32.0 Å². The minimum atomic E-state index is -4.45. The van der Waals surface area contributed by atoms with Crippen LogP contribution in [-0.2, 0) is 6.18 Å². The van der Waals surface area contributed by atoms with Gasteiger partial charge in [-0.3, -0.25) is 14.6 Å². The van der Waals surface area contributed by atoms with Crippen LogP contribution in [0, 0.1) is 6.92 Å². The summed E-state index contributed by atoms with van der Waals surface area (Å²) in [5, 5.41) is 5.18. The SMILES string of the molecule is Cc1ccc(NC(=O)c2cc(C(=O)Nc3ccc(C(F)(F)F)cc3)ccn2)cc1. The molecule has 0 aliphatic rings. The van der Waals surface area contributed by atoms with E-state index in [1.165, 1.54) is 18.3 Å². The van der Waals surface area contributed by atoms with Gasteiger partial charge in [-0.25, -0.2) is 0 Å². The zero-order valence-electron chi connectivity index (χ0n) is 15.2. The number of hydrogen-bond acceptors (Lipinski definition) is 3. The van der Waals surface area contributed by atoms with Crippen LogP contribution in [0.4, 0.5) is 24.5 Å². The van der Waals surface area contributed by atoms with Crippen molar-refractivity contribution < 1.29 is 22.8 Å². The lowest BCUT2D eigenvalue weighted by atomic mass is 10.1. The van der Waals surface area contributed by atoms with Gasteiger partial charge in [-0.1, -0.05) is 17.7 Å². The van der Waals surface area contributed by atoms with Crippen LogP contribution < -0.4 is 10.6 Å². The van der Waals surface area contributed by atoms with Gasteiger partial charge in [-0.05, 0) is 55.5 Å². The quantitative estimate of drug-likeness (QED) is 0.655. The van der Waals surface area contributed by atoms with E-state index in [4.69, 9.17) is 0 Å². The Kier molecular flexibility index (Phi) is 5.63. The summed E-state index contributed by atoms with van der Waals surface area (Å²) >= 11 is 0. The minimum absolute atomic E-state index is 0.0330. The Balaban J connectivity index is 1.70. The lowest BCUT2D eigenvalue weighted by molar-refractivity contribution is -0.137. The topological polar surface area (TPSA) is 71.1 Å². The summed E-state index contributed by atoms with van der Waals surface area (Å²) < 4.78 is 37.8. The number of halogens is 3. The zero-order valence-corrected chi connectivity index (χ0v) is 15.2. The van der Waals surface area contributed by atoms with E-state index < -0.39 is 23.6 Å². The lowest BCUT2D eigenvalue weighted by Crippen LogP contribution is -2.17. The summed E-state index contributed by atoms with van der Waals surface area (Å²) in [6.07, 6.45) is -3.14. The first kappa shape index (κ1) is 20.1. The number of hydrogen-bond donors (Lipinski definition) is 2. The number of aromatic nitrogens is 1. The van der Waals surface area contributed by atoms with Crippen LogP contribution >= 0.6 is 0 Å². The van der Waals surface area contributed by atoms with Gasteiger partial charge in [0.1, 0.15) is 5.69 Å². The molecule has 29 heavy (non-hydrogen) atoms. The maximum atomic E-state index is 12.6. The number of nitrogens with one attached hydrogen (secondary N) is 2.